The van der Waals surface area contributed by atoms with Gasteiger partial charge in [-0.05, 0) is 34.1 Å². The van der Waals surface area contributed by atoms with E-state index in [1.165, 1.54) is 4.88 Å². The van der Waals surface area contributed by atoms with Crippen LogP contribution in [0.4, 0.5) is 0 Å². The van der Waals surface area contributed by atoms with E-state index < -0.39 is 0 Å². The molecule has 0 saturated heterocycles. The molecular weight excluding hydrogens is 274 g/mol. The Labute approximate surface area is 100 Å². The van der Waals surface area contributed by atoms with Crippen molar-refractivity contribution in [3.8, 4) is 0 Å². The zero-order valence-electron chi connectivity index (χ0n) is 7.93. The van der Waals surface area contributed by atoms with Gasteiger partial charge >= 0.3 is 0 Å². The molecule has 0 amide bonds. The third-order valence-corrected chi connectivity index (χ3v) is 3.92. The van der Waals surface area contributed by atoms with Crippen LogP contribution in [0.3, 0.4) is 0 Å². The molecule has 5 heteroatoms. The third kappa shape index (κ3) is 2.42. The van der Waals surface area contributed by atoms with E-state index in [2.05, 4.69) is 32.2 Å². The third-order valence-electron chi connectivity index (χ3n) is 2.12. The first-order valence-corrected chi connectivity index (χ1v) is 6.20. The highest BCUT2D eigenvalue weighted by molar-refractivity contribution is 9.10. The molecule has 0 aliphatic carbocycles. The second-order valence-corrected chi connectivity index (χ2v) is 4.96. The van der Waals surface area contributed by atoms with Crippen molar-refractivity contribution in [2.24, 2.45) is 5.73 Å². The van der Waals surface area contributed by atoms with Crippen molar-refractivity contribution in [1.29, 1.82) is 0 Å². The van der Waals surface area contributed by atoms with Gasteiger partial charge in [-0.1, -0.05) is 0 Å². The van der Waals surface area contributed by atoms with Crippen molar-refractivity contribution in [3.63, 3.8) is 0 Å². The van der Waals surface area contributed by atoms with E-state index in [1.807, 2.05) is 17.5 Å². The summed E-state index contributed by atoms with van der Waals surface area (Å²) in [6.45, 7) is 0.547. The highest BCUT2D eigenvalue weighted by atomic mass is 79.9. The second-order valence-electron chi connectivity index (χ2n) is 3.10. The maximum Gasteiger partial charge on any atom is 0.0726 e. The molecule has 3 nitrogen and oxygen atoms in total. The number of halogens is 1. The van der Waals surface area contributed by atoms with Crippen LogP contribution in [0.15, 0.2) is 34.2 Å². The lowest BCUT2D eigenvalue weighted by Crippen LogP contribution is -2.14. The average molecular weight is 284 g/mol. The molecule has 2 rings (SSSR count). The summed E-state index contributed by atoms with van der Waals surface area (Å²) >= 11 is 5.12. The summed E-state index contributed by atoms with van der Waals surface area (Å²) in [6, 6.07) is 5.92. The fourth-order valence-corrected chi connectivity index (χ4v) is 2.96. The highest BCUT2D eigenvalue weighted by Crippen LogP contribution is 2.29. The lowest BCUT2D eigenvalue weighted by molar-refractivity contribution is 0.772. The Balaban J connectivity index is 2.33. The first-order valence-electron chi connectivity index (χ1n) is 4.53. The van der Waals surface area contributed by atoms with E-state index in [0.29, 0.717) is 6.54 Å². The molecule has 0 aliphatic rings. The van der Waals surface area contributed by atoms with E-state index in [9.17, 15) is 0 Å². The Morgan fingerprint density at radius 2 is 2.40 bits per heavy atom. The van der Waals surface area contributed by atoms with Gasteiger partial charge in [-0.3, -0.25) is 0 Å². The Kier molecular flexibility index (Phi) is 3.45. The molecule has 2 heterocycles. The fraction of sp³-hybridized carbons (Fsp3) is 0.200. The number of rotatable bonds is 3. The zero-order chi connectivity index (χ0) is 10.7. The molecular formula is C10H10BrN3S. The van der Waals surface area contributed by atoms with Crippen molar-refractivity contribution in [2.75, 3.05) is 6.54 Å². The van der Waals surface area contributed by atoms with Crippen LogP contribution in [0.1, 0.15) is 16.5 Å². The van der Waals surface area contributed by atoms with Gasteiger partial charge in [-0.25, -0.2) is 0 Å². The van der Waals surface area contributed by atoms with Crippen LogP contribution in [0.25, 0.3) is 0 Å². The Morgan fingerprint density at radius 3 is 2.93 bits per heavy atom. The second kappa shape index (κ2) is 4.83. The van der Waals surface area contributed by atoms with Gasteiger partial charge in [0, 0.05) is 33.4 Å². The van der Waals surface area contributed by atoms with Crippen LogP contribution < -0.4 is 5.73 Å². The van der Waals surface area contributed by atoms with Gasteiger partial charge in [0.1, 0.15) is 0 Å². The quantitative estimate of drug-likeness (QED) is 0.941. The molecule has 0 bridgehead atoms. The summed E-state index contributed by atoms with van der Waals surface area (Å²) in [5.74, 6) is 0.148. The minimum absolute atomic E-state index is 0.148. The normalized spacial score (nSPS) is 12.7. The number of thiophene rings is 1. The summed E-state index contributed by atoms with van der Waals surface area (Å²) in [5, 5.41) is 10.0. The molecule has 2 aromatic rings. The van der Waals surface area contributed by atoms with Crippen molar-refractivity contribution < 1.29 is 0 Å². The minimum atomic E-state index is 0.148. The summed E-state index contributed by atoms with van der Waals surface area (Å²) in [5.41, 5.74) is 6.69. The van der Waals surface area contributed by atoms with Gasteiger partial charge in [0.25, 0.3) is 0 Å². The number of nitrogens with two attached hydrogens (primary N) is 1. The molecule has 2 aromatic heterocycles. The lowest BCUT2D eigenvalue weighted by Gasteiger charge is -2.10. The Bertz CT molecular complexity index is 429. The molecule has 1 atom stereocenters. The van der Waals surface area contributed by atoms with E-state index >= 15 is 0 Å². The summed E-state index contributed by atoms with van der Waals surface area (Å²) in [7, 11) is 0. The molecule has 1 unspecified atom stereocenters. The maximum absolute atomic E-state index is 5.77. The minimum Gasteiger partial charge on any atom is -0.329 e. The molecule has 0 aliphatic heterocycles. The standard InChI is InChI=1S/C10H10BrN3S/c11-7-4-10(15-6-7)8(5-12)9-2-1-3-13-14-9/h1-4,6,8H,5,12H2. The van der Waals surface area contributed by atoms with Gasteiger partial charge in [-0.2, -0.15) is 10.2 Å². The van der Waals surface area contributed by atoms with Gasteiger partial charge in [0.2, 0.25) is 0 Å². The SMILES string of the molecule is NCC(c1cccnn1)c1cc(Br)cs1. The summed E-state index contributed by atoms with van der Waals surface area (Å²) < 4.78 is 1.09. The van der Waals surface area contributed by atoms with Crippen molar-refractivity contribution in [3.05, 3.63) is 44.8 Å². The monoisotopic (exact) mass is 283 g/mol. The Hall–Kier alpha value is -0.780. The fourth-order valence-electron chi connectivity index (χ4n) is 1.39. The number of nitrogens with zero attached hydrogens (tertiary/aromatic N) is 2. The molecule has 0 fully saturated rings. The number of hydrogen-bond acceptors (Lipinski definition) is 4. The molecule has 0 aromatic carbocycles. The van der Waals surface area contributed by atoms with E-state index in [1.54, 1.807) is 17.5 Å². The number of hydrogen-bond donors (Lipinski definition) is 1. The molecule has 0 radical (unpaired) electrons. The predicted octanol–water partition coefficient (Wildman–Crippen LogP) is 2.39. The topological polar surface area (TPSA) is 51.8 Å². The lowest BCUT2D eigenvalue weighted by atomic mass is 10.0. The van der Waals surface area contributed by atoms with Gasteiger partial charge in [0.15, 0.2) is 0 Å². The van der Waals surface area contributed by atoms with E-state index in [-0.39, 0.29) is 5.92 Å². The zero-order valence-corrected chi connectivity index (χ0v) is 10.3. The van der Waals surface area contributed by atoms with Gasteiger partial charge in [-0.15, -0.1) is 11.3 Å². The van der Waals surface area contributed by atoms with Crippen LogP contribution in [-0.4, -0.2) is 16.7 Å². The first kappa shape index (κ1) is 10.7. The molecule has 0 spiro atoms. The first-order chi connectivity index (χ1) is 7.31. The van der Waals surface area contributed by atoms with Crippen molar-refractivity contribution >= 4 is 27.3 Å². The molecule has 15 heavy (non-hydrogen) atoms. The highest BCUT2D eigenvalue weighted by Gasteiger charge is 2.15. The van der Waals surface area contributed by atoms with Gasteiger partial charge in [0.05, 0.1) is 5.69 Å². The molecule has 78 valence electrons. The largest absolute Gasteiger partial charge is 0.329 e. The molecule has 2 N–H and O–H groups in total. The molecule has 0 saturated carbocycles. The predicted molar refractivity (Wildman–Crippen MR) is 64.9 cm³/mol. The van der Waals surface area contributed by atoms with Crippen LogP contribution in [-0.2, 0) is 0 Å². The Morgan fingerprint density at radius 1 is 1.53 bits per heavy atom. The van der Waals surface area contributed by atoms with Crippen LogP contribution in [0.5, 0.6) is 0 Å². The average Bonchev–Trinajstić information content (AvgIpc) is 2.68. The van der Waals surface area contributed by atoms with Gasteiger partial charge < -0.3 is 5.73 Å². The van der Waals surface area contributed by atoms with E-state index in [4.69, 9.17) is 5.73 Å². The van der Waals surface area contributed by atoms with Crippen LogP contribution in [0.2, 0.25) is 0 Å². The van der Waals surface area contributed by atoms with Crippen molar-refractivity contribution in [2.45, 2.75) is 5.92 Å². The van der Waals surface area contributed by atoms with Crippen LogP contribution >= 0.6 is 27.3 Å². The van der Waals surface area contributed by atoms with E-state index in [0.717, 1.165) is 10.2 Å². The van der Waals surface area contributed by atoms with Crippen LogP contribution in [0, 0.1) is 0 Å². The maximum atomic E-state index is 5.77. The smallest absolute Gasteiger partial charge is 0.0726 e. The number of aromatic nitrogens is 2. The van der Waals surface area contributed by atoms with Crippen molar-refractivity contribution in [1.82, 2.24) is 10.2 Å². The summed E-state index contributed by atoms with van der Waals surface area (Å²) in [6.07, 6.45) is 1.67. The summed E-state index contributed by atoms with van der Waals surface area (Å²) in [4.78, 5) is 1.21.